The summed E-state index contributed by atoms with van der Waals surface area (Å²) in [5, 5.41) is 0. The molecule has 0 amide bonds. The second-order valence-corrected chi connectivity index (χ2v) is 5.62. The quantitative estimate of drug-likeness (QED) is 0.396. The molecule has 2 aromatic rings. The molecule has 2 rings (SSSR count). The first kappa shape index (κ1) is 19.1. The molecular weight excluding hydrogens is 336 g/mol. The van der Waals surface area contributed by atoms with E-state index < -0.39 is 12.7 Å². The van der Waals surface area contributed by atoms with Gasteiger partial charge in [-0.05, 0) is 54.8 Å². The van der Waals surface area contributed by atoms with E-state index in [0.29, 0.717) is 0 Å². The zero-order chi connectivity index (χ0) is 18.3. The van der Waals surface area contributed by atoms with Crippen LogP contribution in [-0.4, -0.2) is 6.61 Å². The topological polar surface area (TPSA) is 18.5 Å². The Morgan fingerprint density at radius 1 is 0.880 bits per heavy atom. The predicted octanol–water partition coefficient (Wildman–Crippen LogP) is 6.15. The van der Waals surface area contributed by atoms with Crippen LogP contribution in [0, 0.1) is 0 Å². The van der Waals surface area contributed by atoms with Gasteiger partial charge >= 0.3 is 12.7 Å². The molecule has 25 heavy (non-hydrogen) atoms. The second-order valence-electron chi connectivity index (χ2n) is 5.62. The number of ether oxygens (including phenoxy) is 2. The molecule has 0 aliphatic carbocycles. The van der Waals surface area contributed by atoms with Gasteiger partial charge in [0, 0.05) is 0 Å². The lowest BCUT2D eigenvalue weighted by Gasteiger charge is -2.19. The summed E-state index contributed by atoms with van der Waals surface area (Å²) in [6, 6.07) is 10.6. The fourth-order valence-electron chi connectivity index (χ4n) is 2.34. The van der Waals surface area contributed by atoms with Gasteiger partial charge in [-0.25, -0.2) is 0 Å². The SMILES string of the molecule is CCCCCc1ccc(C(F)(F)Oc2ccc(OC(F)F)cc2)cc1. The van der Waals surface area contributed by atoms with E-state index in [1.54, 1.807) is 12.1 Å². The lowest BCUT2D eigenvalue weighted by Crippen LogP contribution is -2.21. The second kappa shape index (κ2) is 8.74. The first-order chi connectivity index (χ1) is 11.9. The number of unbranched alkanes of at least 4 members (excludes halogenated alkanes) is 2. The van der Waals surface area contributed by atoms with E-state index >= 15 is 0 Å². The van der Waals surface area contributed by atoms with E-state index in [-0.39, 0.29) is 17.1 Å². The Balaban J connectivity index is 2.00. The molecule has 0 aliphatic rings. The van der Waals surface area contributed by atoms with Crippen molar-refractivity contribution in [2.75, 3.05) is 0 Å². The van der Waals surface area contributed by atoms with Crippen molar-refractivity contribution in [1.29, 1.82) is 0 Å². The van der Waals surface area contributed by atoms with Gasteiger partial charge in [0.15, 0.2) is 0 Å². The Kier molecular flexibility index (Phi) is 6.67. The minimum Gasteiger partial charge on any atom is -0.435 e. The highest BCUT2D eigenvalue weighted by Crippen LogP contribution is 2.32. The third-order valence-electron chi connectivity index (χ3n) is 3.65. The van der Waals surface area contributed by atoms with Gasteiger partial charge in [0.1, 0.15) is 11.5 Å². The normalized spacial score (nSPS) is 11.6. The van der Waals surface area contributed by atoms with Crippen LogP contribution in [0.4, 0.5) is 17.6 Å². The van der Waals surface area contributed by atoms with Gasteiger partial charge in [-0.3, -0.25) is 0 Å². The molecule has 2 aromatic carbocycles. The number of hydrogen-bond donors (Lipinski definition) is 0. The zero-order valence-electron chi connectivity index (χ0n) is 13.9. The summed E-state index contributed by atoms with van der Waals surface area (Å²) in [6.07, 6.45) is 0.562. The van der Waals surface area contributed by atoms with Gasteiger partial charge in [0.05, 0.1) is 5.56 Å². The number of aryl methyl sites for hydroxylation is 1. The number of hydrogen-bond acceptors (Lipinski definition) is 2. The molecule has 0 bridgehead atoms. The largest absolute Gasteiger partial charge is 0.435 e. The fraction of sp³-hybridized carbons (Fsp3) is 0.368. The minimum atomic E-state index is -3.52. The molecular formula is C19H20F4O2. The lowest BCUT2D eigenvalue weighted by atomic mass is 10.1. The lowest BCUT2D eigenvalue weighted by molar-refractivity contribution is -0.185. The monoisotopic (exact) mass is 356 g/mol. The molecule has 0 aromatic heterocycles. The van der Waals surface area contributed by atoms with Crippen molar-refractivity contribution in [1.82, 2.24) is 0 Å². The number of alkyl halides is 4. The van der Waals surface area contributed by atoms with Gasteiger partial charge in [-0.15, -0.1) is 0 Å². The zero-order valence-corrected chi connectivity index (χ0v) is 13.9. The van der Waals surface area contributed by atoms with Gasteiger partial charge in [-0.2, -0.15) is 17.6 Å². The molecule has 0 N–H and O–H groups in total. The van der Waals surface area contributed by atoms with Crippen LogP contribution >= 0.6 is 0 Å². The van der Waals surface area contributed by atoms with Crippen LogP contribution in [0.1, 0.15) is 37.3 Å². The molecule has 0 spiro atoms. The molecule has 0 aliphatic heterocycles. The molecule has 0 saturated carbocycles. The third kappa shape index (κ3) is 5.96. The maximum Gasteiger partial charge on any atom is 0.426 e. The summed E-state index contributed by atoms with van der Waals surface area (Å²) in [4.78, 5) is 0. The van der Waals surface area contributed by atoms with Crippen molar-refractivity contribution < 1.29 is 27.0 Å². The summed E-state index contributed by atoms with van der Waals surface area (Å²) in [6.45, 7) is -0.864. The third-order valence-corrected chi connectivity index (χ3v) is 3.65. The van der Waals surface area contributed by atoms with Gasteiger partial charge in [0.2, 0.25) is 0 Å². The minimum absolute atomic E-state index is 0.123. The first-order valence-corrected chi connectivity index (χ1v) is 8.12. The standard InChI is InChI=1S/C19H20F4O2/c1-2-3-4-5-14-6-8-15(9-7-14)19(22,23)25-17-12-10-16(11-13-17)24-18(20)21/h6-13,18H,2-5H2,1H3. The summed E-state index contributed by atoms with van der Waals surface area (Å²) >= 11 is 0. The van der Waals surface area contributed by atoms with E-state index in [2.05, 4.69) is 11.7 Å². The number of halogens is 4. The Morgan fingerprint density at radius 2 is 1.48 bits per heavy atom. The van der Waals surface area contributed by atoms with Gasteiger partial charge < -0.3 is 9.47 Å². The van der Waals surface area contributed by atoms with Gasteiger partial charge in [0.25, 0.3) is 0 Å². The maximum absolute atomic E-state index is 14.2. The summed E-state index contributed by atoms with van der Waals surface area (Å²) in [5.74, 6) is -0.263. The van der Waals surface area contributed by atoms with E-state index in [9.17, 15) is 17.6 Å². The Labute approximate surface area is 144 Å². The highest BCUT2D eigenvalue weighted by atomic mass is 19.3. The molecule has 0 saturated heterocycles. The van der Waals surface area contributed by atoms with Crippen LogP contribution in [0.3, 0.4) is 0 Å². The average Bonchev–Trinajstić information content (AvgIpc) is 2.57. The Bertz CT molecular complexity index is 639. The van der Waals surface area contributed by atoms with Crippen molar-refractivity contribution in [3.05, 3.63) is 59.7 Å². The molecule has 136 valence electrons. The van der Waals surface area contributed by atoms with E-state index in [1.807, 2.05) is 0 Å². The van der Waals surface area contributed by atoms with Crippen molar-refractivity contribution in [3.8, 4) is 11.5 Å². The molecule has 2 nitrogen and oxygen atoms in total. The fourth-order valence-corrected chi connectivity index (χ4v) is 2.34. The molecule has 0 atom stereocenters. The predicted molar refractivity (Wildman–Crippen MR) is 87.3 cm³/mol. The maximum atomic E-state index is 14.2. The highest BCUT2D eigenvalue weighted by Gasteiger charge is 2.34. The van der Waals surface area contributed by atoms with Crippen LogP contribution < -0.4 is 9.47 Å². The first-order valence-electron chi connectivity index (χ1n) is 8.12. The van der Waals surface area contributed by atoms with Crippen LogP contribution in [0.15, 0.2) is 48.5 Å². The summed E-state index contributed by atoms with van der Waals surface area (Å²) in [7, 11) is 0. The van der Waals surface area contributed by atoms with Gasteiger partial charge in [-0.1, -0.05) is 31.9 Å². The molecule has 0 heterocycles. The van der Waals surface area contributed by atoms with E-state index in [4.69, 9.17) is 4.74 Å². The molecule has 6 heteroatoms. The van der Waals surface area contributed by atoms with Crippen LogP contribution in [-0.2, 0) is 12.5 Å². The molecule has 0 radical (unpaired) electrons. The summed E-state index contributed by atoms with van der Waals surface area (Å²) < 4.78 is 61.4. The van der Waals surface area contributed by atoms with Crippen molar-refractivity contribution in [2.45, 2.75) is 45.3 Å². The van der Waals surface area contributed by atoms with Crippen LogP contribution in [0.25, 0.3) is 0 Å². The highest BCUT2D eigenvalue weighted by molar-refractivity contribution is 5.32. The Morgan fingerprint density at radius 3 is 2.04 bits per heavy atom. The molecule has 0 fully saturated rings. The van der Waals surface area contributed by atoms with Crippen molar-refractivity contribution in [2.24, 2.45) is 0 Å². The van der Waals surface area contributed by atoms with E-state index in [0.717, 1.165) is 55.5 Å². The van der Waals surface area contributed by atoms with Crippen molar-refractivity contribution in [3.63, 3.8) is 0 Å². The van der Waals surface area contributed by atoms with E-state index in [1.165, 1.54) is 12.1 Å². The number of benzene rings is 2. The Hall–Kier alpha value is -2.24. The van der Waals surface area contributed by atoms with Crippen LogP contribution in [0.2, 0.25) is 0 Å². The van der Waals surface area contributed by atoms with Crippen molar-refractivity contribution >= 4 is 0 Å². The number of rotatable bonds is 9. The smallest absolute Gasteiger partial charge is 0.426 e. The average molecular weight is 356 g/mol. The summed E-state index contributed by atoms with van der Waals surface area (Å²) in [5.41, 5.74) is 0.737. The van der Waals surface area contributed by atoms with Crippen LogP contribution in [0.5, 0.6) is 11.5 Å². The molecule has 0 unspecified atom stereocenters.